The SMILES string of the molecule is CCN(CC)c1ccc(-c2nnc(SCc3nc4ccccc4n3C(F)F)n2C)cc1. The van der Waals surface area contributed by atoms with Crippen LogP contribution in [0.25, 0.3) is 22.4 Å². The Morgan fingerprint density at radius 2 is 1.71 bits per heavy atom. The Balaban J connectivity index is 1.55. The summed E-state index contributed by atoms with van der Waals surface area (Å²) in [6, 6.07) is 15.1. The molecule has 4 aromatic rings. The van der Waals surface area contributed by atoms with Crippen LogP contribution in [-0.2, 0) is 12.8 Å². The summed E-state index contributed by atoms with van der Waals surface area (Å²) in [5, 5.41) is 9.23. The summed E-state index contributed by atoms with van der Waals surface area (Å²) < 4.78 is 30.1. The van der Waals surface area contributed by atoms with Gasteiger partial charge in [-0.05, 0) is 50.2 Å². The number of para-hydroxylation sites is 2. The fraction of sp³-hybridized carbons (Fsp3) is 0.318. The van der Waals surface area contributed by atoms with E-state index in [9.17, 15) is 8.78 Å². The number of rotatable bonds is 8. The number of nitrogens with zero attached hydrogens (tertiary/aromatic N) is 6. The van der Waals surface area contributed by atoms with Gasteiger partial charge in [-0.15, -0.1) is 10.2 Å². The number of hydrogen-bond donors (Lipinski definition) is 0. The number of imidazole rings is 1. The van der Waals surface area contributed by atoms with Gasteiger partial charge in [-0.3, -0.25) is 4.57 Å². The van der Waals surface area contributed by atoms with Crippen LogP contribution in [0.15, 0.2) is 53.7 Å². The van der Waals surface area contributed by atoms with Crippen molar-refractivity contribution in [2.45, 2.75) is 31.3 Å². The van der Waals surface area contributed by atoms with E-state index in [1.165, 1.54) is 11.8 Å². The predicted molar refractivity (Wildman–Crippen MR) is 121 cm³/mol. The van der Waals surface area contributed by atoms with Gasteiger partial charge in [-0.25, -0.2) is 4.98 Å². The Hall–Kier alpha value is -2.94. The molecule has 31 heavy (non-hydrogen) atoms. The average Bonchev–Trinajstić information content (AvgIpc) is 3.33. The molecule has 0 bridgehead atoms. The predicted octanol–water partition coefficient (Wildman–Crippen LogP) is 5.37. The summed E-state index contributed by atoms with van der Waals surface area (Å²) in [6.07, 6.45) is 0. The molecule has 0 radical (unpaired) electrons. The van der Waals surface area contributed by atoms with E-state index in [-0.39, 0.29) is 5.75 Å². The van der Waals surface area contributed by atoms with E-state index in [1.807, 2.05) is 23.7 Å². The lowest BCUT2D eigenvalue weighted by atomic mass is 10.2. The van der Waals surface area contributed by atoms with Crippen molar-refractivity contribution in [1.82, 2.24) is 24.3 Å². The normalized spacial score (nSPS) is 11.5. The Morgan fingerprint density at radius 1 is 1.00 bits per heavy atom. The molecule has 0 atom stereocenters. The van der Waals surface area contributed by atoms with Crippen molar-refractivity contribution in [2.24, 2.45) is 7.05 Å². The lowest BCUT2D eigenvalue weighted by Gasteiger charge is -2.21. The van der Waals surface area contributed by atoms with Crippen molar-refractivity contribution in [2.75, 3.05) is 18.0 Å². The number of benzene rings is 2. The summed E-state index contributed by atoms with van der Waals surface area (Å²) in [7, 11) is 1.88. The van der Waals surface area contributed by atoms with E-state index < -0.39 is 6.55 Å². The van der Waals surface area contributed by atoms with Crippen molar-refractivity contribution in [3.05, 3.63) is 54.4 Å². The molecule has 4 rings (SSSR count). The number of aromatic nitrogens is 5. The van der Waals surface area contributed by atoms with Gasteiger partial charge in [-0.2, -0.15) is 8.78 Å². The fourth-order valence-corrected chi connectivity index (χ4v) is 4.49. The number of halogens is 2. The van der Waals surface area contributed by atoms with E-state index in [1.54, 1.807) is 24.3 Å². The van der Waals surface area contributed by atoms with Crippen molar-refractivity contribution < 1.29 is 8.78 Å². The van der Waals surface area contributed by atoms with Crippen LogP contribution in [0.5, 0.6) is 0 Å². The van der Waals surface area contributed by atoms with Gasteiger partial charge in [-0.1, -0.05) is 23.9 Å². The molecule has 2 heterocycles. The second-order valence-corrected chi connectivity index (χ2v) is 7.98. The quantitative estimate of drug-likeness (QED) is 0.344. The standard InChI is InChI=1S/C22H24F2N6S/c1-4-29(5-2)16-12-10-15(11-13-16)20-26-27-22(28(20)3)31-14-19-25-17-8-6-7-9-18(17)30(19)21(23)24/h6-13,21H,4-5,14H2,1-3H3. The van der Waals surface area contributed by atoms with Gasteiger partial charge in [0.25, 0.3) is 0 Å². The smallest absolute Gasteiger partial charge is 0.320 e. The molecule has 0 saturated carbocycles. The van der Waals surface area contributed by atoms with Crippen LogP contribution < -0.4 is 4.90 Å². The highest BCUT2D eigenvalue weighted by atomic mass is 32.2. The fourth-order valence-electron chi connectivity index (χ4n) is 3.65. The Bertz CT molecular complexity index is 1160. The Labute approximate surface area is 183 Å². The number of anilines is 1. The molecular formula is C22H24F2N6S. The van der Waals surface area contributed by atoms with Gasteiger partial charge in [0.2, 0.25) is 0 Å². The number of thioether (sulfide) groups is 1. The first-order valence-electron chi connectivity index (χ1n) is 10.1. The van der Waals surface area contributed by atoms with E-state index in [2.05, 4.69) is 46.1 Å². The number of hydrogen-bond acceptors (Lipinski definition) is 5. The molecule has 0 aliphatic carbocycles. The molecule has 9 heteroatoms. The van der Waals surface area contributed by atoms with Gasteiger partial charge in [0.15, 0.2) is 11.0 Å². The van der Waals surface area contributed by atoms with E-state index in [0.717, 1.165) is 34.7 Å². The highest BCUT2D eigenvalue weighted by Crippen LogP contribution is 2.29. The highest BCUT2D eigenvalue weighted by Gasteiger charge is 2.19. The molecule has 6 nitrogen and oxygen atoms in total. The molecule has 162 valence electrons. The van der Waals surface area contributed by atoms with Crippen LogP contribution in [0.3, 0.4) is 0 Å². The molecule has 0 N–H and O–H groups in total. The van der Waals surface area contributed by atoms with Crippen molar-refractivity contribution in [1.29, 1.82) is 0 Å². The average molecular weight is 443 g/mol. The zero-order valence-corrected chi connectivity index (χ0v) is 18.5. The molecule has 0 unspecified atom stereocenters. The van der Waals surface area contributed by atoms with Crippen LogP contribution in [0.1, 0.15) is 26.2 Å². The maximum Gasteiger partial charge on any atom is 0.320 e. The lowest BCUT2D eigenvalue weighted by Crippen LogP contribution is -2.21. The topological polar surface area (TPSA) is 51.8 Å². The summed E-state index contributed by atoms with van der Waals surface area (Å²) in [5.74, 6) is 1.32. The Morgan fingerprint density at radius 3 is 2.39 bits per heavy atom. The first kappa shape index (κ1) is 21.3. The van der Waals surface area contributed by atoms with Crippen molar-refractivity contribution in [3.8, 4) is 11.4 Å². The minimum absolute atomic E-state index is 0.270. The molecule has 2 aromatic heterocycles. The first-order valence-corrected chi connectivity index (χ1v) is 11.1. The molecule has 0 spiro atoms. The minimum atomic E-state index is -2.65. The number of fused-ring (bicyclic) bond motifs is 1. The van der Waals surface area contributed by atoms with E-state index >= 15 is 0 Å². The molecular weight excluding hydrogens is 418 g/mol. The lowest BCUT2D eigenvalue weighted by molar-refractivity contribution is 0.0722. The maximum absolute atomic E-state index is 13.6. The van der Waals surface area contributed by atoms with E-state index in [0.29, 0.717) is 22.0 Å². The largest absolute Gasteiger partial charge is 0.372 e. The molecule has 0 amide bonds. The molecule has 0 saturated heterocycles. The van der Waals surface area contributed by atoms with Gasteiger partial charge in [0.1, 0.15) is 5.82 Å². The number of alkyl halides is 2. The maximum atomic E-state index is 13.6. The highest BCUT2D eigenvalue weighted by molar-refractivity contribution is 7.98. The van der Waals surface area contributed by atoms with E-state index in [4.69, 9.17) is 0 Å². The Kier molecular flexibility index (Phi) is 6.22. The zero-order valence-electron chi connectivity index (χ0n) is 17.7. The molecule has 2 aromatic carbocycles. The third-order valence-corrected chi connectivity index (χ3v) is 6.30. The first-order chi connectivity index (χ1) is 15.0. The summed E-state index contributed by atoms with van der Waals surface area (Å²) in [6.45, 7) is 3.51. The third-order valence-electron chi connectivity index (χ3n) is 5.28. The van der Waals surface area contributed by atoms with Crippen LogP contribution in [0.2, 0.25) is 0 Å². The second-order valence-electron chi connectivity index (χ2n) is 7.04. The summed E-state index contributed by atoms with van der Waals surface area (Å²) in [5.41, 5.74) is 3.11. The van der Waals surface area contributed by atoms with Gasteiger partial charge < -0.3 is 9.47 Å². The van der Waals surface area contributed by atoms with Crippen LogP contribution in [-0.4, -0.2) is 37.4 Å². The van der Waals surface area contributed by atoms with Crippen molar-refractivity contribution in [3.63, 3.8) is 0 Å². The molecule has 0 fully saturated rings. The van der Waals surface area contributed by atoms with Gasteiger partial charge >= 0.3 is 6.55 Å². The monoisotopic (exact) mass is 442 g/mol. The molecule has 0 aliphatic heterocycles. The second kappa shape index (κ2) is 9.05. The third kappa shape index (κ3) is 4.14. The van der Waals surface area contributed by atoms with Crippen LogP contribution in [0, 0.1) is 0 Å². The summed E-state index contributed by atoms with van der Waals surface area (Å²) in [4.78, 5) is 6.66. The minimum Gasteiger partial charge on any atom is -0.372 e. The summed E-state index contributed by atoms with van der Waals surface area (Å²) >= 11 is 1.34. The van der Waals surface area contributed by atoms with Gasteiger partial charge in [0, 0.05) is 31.4 Å². The van der Waals surface area contributed by atoms with Gasteiger partial charge in [0.05, 0.1) is 16.8 Å². The van der Waals surface area contributed by atoms with Crippen molar-refractivity contribution >= 4 is 28.5 Å². The molecule has 0 aliphatic rings. The zero-order chi connectivity index (χ0) is 22.0. The van der Waals surface area contributed by atoms with Crippen LogP contribution >= 0.6 is 11.8 Å². The van der Waals surface area contributed by atoms with Crippen LogP contribution in [0.4, 0.5) is 14.5 Å².